The Morgan fingerprint density at radius 2 is 1.85 bits per heavy atom. The predicted molar refractivity (Wildman–Crippen MR) is 108 cm³/mol. The number of imidazole rings is 1. The zero-order valence-electron chi connectivity index (χ0n) is 14.9. The van der Waals surface area contributed by atoms with Crippen molar-refractivity contribution in [3.05, 3.63) is 77.6 Å². The quantitative estimate of drug-likeness (QED) is 0.509. The summed E-state index contributed by atoms with van der Waals surface area (Å²) in [6.07, 6.45) is 3.70. The van der Waals surface area contributed by atoms with E-state index >= 15 is 0 Å². The van der Waals surface area contributed by atoms with Crippen molar-refractivity contribution in [2.75, 3.05) is 11.9 Å². The van der Waals surface area contributed by atoms with E-state index in [9.17, 15) is 0 Å². The third-order valence-electron chi connectivity index (χ3n) is 4.22. The molecule has 0 aliphatic rings. The fraction of sp³-hybridized carbons (Fsp3) is 0.143. The summed E-state index contributed by atoms with van der Waals surface area (Å²) in [5.74, 6) is 2.40. The van der Waals surface area contributed by atoms with Gasteiger partial charge >= 0.3 is 0 Å². The van der Waals surface area contributed by atoms with Crippen molar-refractivity contribution in [3.63, 3.8) is 0 Å². The van der Waals surface area contributed by atoms with Gasteiger partial charge in [0.2, 0.25) is 5.78 Å². The smallest absolute Gasteiger partial charge is 0.235 e. The predicted octanol–water partition coefficient (Wildman–Crippen LogP) is 5.06. The highest BCUT2D eigenvalue weighted by Gasteiger charge is 2.14. The standard InChI is InChI=1S/C21H19ClN4O/c1-2-27-18-10-6-16(7-11-18)19-20(26-13-3-12-23-21(26)25-19)24-14-15-4-8-17(22)9-5-15/h3-13,24H,2,14H2,1H3. The Morgan fingerprint density at radius 1 is 1.07 bits per heavy atom. The van der Waals surface area contributed by atoms with Gasteiger partial charge in [-0.05, 0) is 55.0 Å². The summed E-state index contributed by atoms with van der Waals surface area (Å²) in [5, 5.41) is 4.23. The van der Waals surface area contributed by atoms with Crippen LogP contribution in [0.1, 0.15) is 12.5 Å². The largest absolute Gasteiger partial charge is 0.494 e. The lowest BCUT2D eigenvalue weighted by atomic mass is 10.1. The molecule has 136 valence electrons. The Balaban J connectivity index is 1.69. The Morgan fingerprint density at radius 3 is 2.59 bits per heavy atom. The maximum Gasteiger partial charge on any atom is 0.235 e. The van der Waals surface area contributed by atoms with E-state index in [-0.39, 0.29) is 0 Å². The number of hydrogen-bond acceptors (Lipinski definition) is 4. The zero-order valence-corrected chi connectivity index (χ0v) is 15.6. The molecular weight excluding hydrogens is 360 g/mol. The Hall–Kier alpha value is -3.05. The molecule has 0 fully saturated rings. The highest BCUT2D eigenvalue weighted by atomic mass is 35.5. The summed E-state index contributed by atoms with van der Waals surface area (Å²) in [6, 6.07) is 17.6. The summed E-state index contributed by atoms with van der Waals surface area (Å²) in [5.41, 5.74) is 2.99. The van der Waals surface area contributed by atoms with Crippen LogP contribution in [-0.2, 0) is 6.54 Å². The molecule has 0 spiro atoms. The molecule has 2 aromatic heterocycles. The second-order valence-electron chi connectivity index (χ2n) is 6.04. The molecule has 0 aliphatic carbocycles. The van der Waals surface area contributed by atoms with E-state index in [1.807, 2.05) is 72.1 Å². The molecule has 0 saturated carbocycles. The van der Waals surface area contributed by atoms with Gasteiger partial charge in [-0.25, -0.2) is 9.97 Å². The molecule has 4 aromatic rings. The number of benzene rings is 2. The van der Waals surface area contributed by atoms with Gasteiger partial charge in [-0.3, -0.25) is 4.40 Å². The summed E-state index contributed by atoms with van der Waals surface area (Å²) in [6.45, 7) is 3.27. The Bertz CT molecular complexity index is 1040. The molecular formula is C21H19ClN4O. The Labute approximate surface area is 162 Å². The highest BCUT2D eigenvalue weighted by molar-refractivity contribution is 6.30. The number of rotatable bonds is 6. The molecule has 0 radical (unpaired) electrons. The first kappa shape index (κ1) is 17.4. The zero-order chi connectivity index (χ0) is 18.6. The number of hydrogen-bond donors (Lipinski definition) is 1. The molecule has 27 heavy (non-hydrogen) atoms. The molecule has 5 nitrogen and oxygen atoms in total. The van der Waals surface area contributed by atoms with Gasteiger partial charge < -0.3 is 10.1 Å². The van der Waals surface area contributed by atoms with Crippen LogP contribution in [-0.4, -0.2) is 21.0 Å². The van der Waals surface area contributed by atoms with Gasteiger partial charge in [-0.15, -0.1) is 0 Å². The fourth-order valence-corrected chi connectivity index (χ4v) is 3.05. The van der Waals surface area contributed by atoms with Crippen molar-refractivity contribution in [1.29, 1.82) is 0 Å². The first-order valence-corrected chi connectivity index (χ1v) is 9.17. The highest BCUT2D eigenvalue weighted by Crippen LogP contribution is 2.30. The molecule has 0 amide bonds. The molecule has 1 N–H and O–H groups in total. The summed E-state index contributed by atoms with van der Waals surface area (Å²) in [7, 11) is 0. The minimum absolute atomic E-state index is 0.644. The topological polar surface area (TPSA) is 51.5 Å². The van der Waals surface area contributed by atoms with E-state index in [1.165, 1.54) is 0 Å². The number of anilines is 1. The van der Waals surface area contributed by atoms with E-state index in [4.69, 9.17) is 21.3 Å². The lowest BCUT2D eigenvalue weighted by Gasteiger charge is -2.09. The second-order valence-corrected chi connectivity index (χ2v) is 6.47. The SMILES string of the molecule is CCOc1ccc(-c2nc3ncccn3c2NCc2ccc(Cl)cc2)cc1. The monoisotopic (exact) mass is 378 g/mol. The van der Waals surface area contributed by atoms with Gasteiger partial charge in [0.05, 0.1) is 6.61 Å². The normalized spacial score (nSPS) is 10.9. The van der Waals surface area contributed by atoms with E-state index in [2.05, 4.69) is 10.3 Å². The van der Waals surface area contributed by atoms with Crippen LogP contribution >= 0.6 is 11.6 Å². The summed E-state index contributed by atoms with van der Waals surface area (Å²) >= 11 is 5.98. The van der Waals surface area contributed by atoms with Gasteiger partial charge in [-0.1, -0.05) is 23.7 Å². The van der Waals surface area contributed by atoms with Crippen molar-refractivity contribution in [2.45, 2.75) is 13.5 Å². The van der Waals surface area contributed by atoms with Gasteiger partial charge in [0.15, 0.2) is 0 Å². The number of fused-ring (bicyclic) bond motifs is 1. The first-order chi connectivity index (χ1) is 13.2. The van der Waals surface area contributed by atoms with Crippen molar-refractivity contribution < 1.29 is 4.74 Å². The third kappa shape index (κ3) is 3.73. The Kier molecular flexibility index (Phi) is 4.94. The lowest BCUT2D eigenvalue weighted by Crippen LogP contribution is -2.03. The number of nitrogens with one attached hydrogen (secondary N) is 1. The average molecular weight is 379 g/mol. The van der Waals surface area contributed by atoms with Crippen LogP contribution in [0, 0.1) is 0 Å². The lowest BCUT2D eigenvalue weighted by molar-refractivity contribution is 0.340. The number of halogens is 1. The molecule has 0 atom stereocenters. The van der Waals surface area contributed by atoms with Crippen molar-refractivity contribution >= 4 is 23.2 Å². The van der Waals surface area contributed by atoms with Gasteiger partial charge in [0.25, 0.3) is 0 Å². The van der Waals surface area contributed by atoms with E-state index < -0.39 is 0 Å². The molecule has 0 saturated heterocycles. The molecule has 0 unspecified atom stereocenters. The molecule has 0 bridgehead atoms. The van der Waals surface area contributed by atoms with Crippen LogP contribution < -0.4 is 10.1 Å². The van der Waals surface area contributed by atoms with Crippen molar-refractivity contribution in [3.8, 4) is 17.0 Å². The van der Waals surface area contributed by atoms with Crippen LogP contribution in [0.4, 0.5) is 5.82 Å². The van der Waals surface area contributed by atoms with Crippen molar-refractivity contribution in [1.82, 2.24) is 14.4 Å². The minimum Gasteiger partial charge on any atom is -0.494 e. The fourth-order valence-electron chi connectivity index (χ4n) is 2.92. The summed E-state index contributed by atoms with van der Waals surface area (Å²) in [4.78, 5) is 9.08. The number of aromatic nitrogens is 3. The summed E-state index contributed by atoms with van der Waals surface area (Å²) < 4.78 is 7.50. The first-order valence-electron chi connectivity index (χ1n) is 8.79. The maximum absolute atomic E-state index is 5.98. The van der Waals surface area contributed by atoms with Gasteiger partial charge in [-0.2, -0.15) is 0 Å². The van der Waals surface area contributed by atoms with Gasteiger partial charge in [0.1, 0.15) is 17.3 Å². The molecule has 4 rings (SSSR count). The van der Waals surface area contributed by atoms with Crippen LogP contribution in [0.5, 0.6) is 5.75 Å². The third-order valence-corrected chi connectivity index (χ3v) is 4.47. The molecule has 2 heterocycles. The number of nitrogens with zero attached hydrogens (tertiary/aromatic N) is 3. The van der Waals surface area contributed by atoms with Crippen LogP contribution in [0.15, 0.2) is 67.0 Å². The average Bonchev–Trinajstić information content (AvgIpc) is 3.07. The molecule has 2 aromatic carbocycles. The van der Waals surface area contributed by atoms with E-state index in [1.54, 1.807) is 6.20 Å². The minimum atomic E-state index is 0.644. The van der Waals surface area contributed by atoms with E-state index in [0.29, 0.717) is 18.9 Å². The van der Waals surface area contributed by atoms with Gasteiger partial charge in [0, 0.05) is 29.5 Å². The second kappa shape index (κ2) is 7.68. The maximum atomic E-state index is 5.98. The van der Waals surface area contributed by atoms with Crippen LogP contribution in [0.3, 0.4) is 0 Å². The van der Waals surface area contributed by atoms with Crippen molar-refractivity contribution in [2.24, 2.45) is 0 Å². The van der Waals surface area contributed by atoms with E-state index in [0.717, 1.165) is 33.4 Å². The van der Waals surface area contributed by atoms with Crippen LogP contribution in [0.25, 0.3) is 17.0 Å². The van der Waals surface area contributed by atoms with Crippen LogP contribution in [0.2, 0.25) is 5.02 Å². The molecule has 0 aliphatic heterocycles. The number of ether oxygens (including phenoxy) is 1. The molecule has 6 heteroatoms.